The second kappa shape index (κ2) is 10.2. The fraction of sp³-hybridized carbons (Fsp3) is 0.600. The highest BCUT2D eigenvalue weighted by atomic mass is 127. The lowest BCUT2D eigenvalue weighted by atomic mass is 9.95. The molecule has 1 aromatic carbocycles. The molecule has 2 aliphatic rings. The van der Waals surface area contributed by atoms with Crippen LogP contribution >= 0.6 is 24.0 Å². The molecule has 0 saturated heterocycles. The molecule has 0 radical (unpaired) electrons. The van der Waals surface area contributed by atoms with Gasteiger partial charge in [-0.3, -0.25) is 4.79 Å². The highest BCUT2D eigenvalue weighted by molar-refractivity contribution is 14.0. The molecule has 1 aromatic rings. The van der Waals surface area contributed by atoms with Crippen LogP contribution in [0.3, 0.4) is 0 Å². The summed E-state index contributed by atoms with van der Waals surface area (Å²) in [5, 5.41) is 6.79. The molecule has 2 fully saturated rings. The maximum atomic E-state index is 13.8. The Hall–Kier alpha value is -1.38. The molecule has 3 atom stereocenters. The molecule has 2 bridgehead atoms. The molecule has 2 saturated carbocycles. The standard InChI is InChI=1S/C20H29FN4O.HI/c1-25(2)19(26)13-23-20(24-18-12-14-7-8-16(18)11-14)22-10-9-15-5-3-4-6-17(15)21;/h3-6,14,16,18H,7-13H2,1-2H3,(H2,22,23,24);1H. The van der Waals surface area contributed by atoms with E-state index in [4.69, 9.17) is 0 Å². The first-order chi connectivity index (χ1) is 12.5. The van der Waals surface area contributed by atoms with Gasteiger partial charge in [0.15, 0.2) is 5.96 Å². The van der Waals surface area contributed by atoms with E-state index < -0.39 is 0 Å². The van der Waals surface area contributed by atoms with E-state index in [-0.39, 0.29) is 42.2 Å². The summed E-state index contributed by atoms with van der Waals surface area (Å²) in [5.74, 6) is 1.99. The number of halogens is 2. The Bertz CT molecular complexity index is 667. The molecule has 0 aromatic heterocycles. The Morgan fingerprint density at radius 2 is 2.04 bits per heavy atom. The van der Waals surface area contributed by atoms with E-state index in [0.29, 0.717) is 36.4 Å². The highest BCUT2D eigenvalue weighted by Crippen LogP contribution is 2.44. The number of nitrogens with zero attached hydrogens (tertiary/aromatic N) is 2. The molecule has 1 amide bonds. The number of carbonyl (C=O) groups is 1. The van der Waals surface area contributed by atoms with Crippen LogP contribution in [0.5, 0.6) is 0 Å². The van der Waals surface area contributed by atoms with Crippen LogP contribution in [0.1, 0.15) is 31.2 Å². The molecule has 7 heteroatoms. The van der Waals surface area contributed by atoms with E-state index in [1.165, 1.54) is 36.6 Å². The van der Waals surface area contributed by atoms with Crippen LogP contribution in [0.4, 0.5) is 4.39 Å². The van der Waals surface area contributed by atoms with Crippen molar-refractivity contribution in [2.24, 2.45) is 16.8 Å². The average molecular weight is 488 g/mol. The lowest BCUT2D eigenvalue weighted by Gasteiger charge is -2.25. The van der Waals surface area contributed by atoms with Gasteiger partial charge in [-0.15, -0.1) is 24.0 Å². The topological polar surface area (TPSA) is 56.7 Å². The Balaban J connectivity index is 0.00000261. The van der Waals surface area contributed by atoms with Gasteiger partial charge in [0, 0.05) is 26.7 Å². The largest absolute Gasteiger partial charge is 0.356 e. The Morgan fingerprint density at radius 1 is 1.26 bits per heavy atom. The van der Waals surface area contributed by atoms with Crippen LogP contribution in [-0.2, 0) is 11.2 Å². The van der Waals surface area contributed by atoms with Crippen LogP contribution in [0.25, 0.3) is 0 Å². The zero-order chi connectivity index (χ0) is 18.5. The van der Waals surface area contributed by atoms with Crippen molar-refractivity contribution >= 4 is 35.8 Å². The van der Waals surface area contributed by atoms with Gasteiger partial charge in [-0.05, 0) is 49.1 Å². The Morgan fingerprint density at radius 3 is 2.67 bits per heavy atom. The van der Waals surface area contributed by atoms with Crippen LogP contribution < -0.4 is 10.6 Å². The van der Waals surface area contributed by atoms with Crippen LogP contribution in [-0.4, -0.2) is 50.0 Å². The number of benzene rings is 1. The summed E-state index contributed by atoms with van der Waals surface area (Å²) in [6.07, 6.45) is 5.68. The Labute approximate surface area is 178 Å². The van der Waals surface area contributed by atoms with Gasteiger partial charge in [0.25, 0.3) is 0 Å². The van der Waals surface area contributed by atoms with E-state index >= 15 is 0 Å². The fourth-order valence-corrected chi connectivity index (χ4v) is 4.05. The molecule has 2 aliphatic carbocycles. The number of likely N-dealkylation sites (N-methyl/N-ethyl adjacent to an activating group) is 1. The Kier molecular flexibility index (Phi) is 8.31. The first-order valence-corrected chi connectivity index (χ1v) is 9.51. The minimum Gasteiger partial charge on any atom is -0.356 e. The van der Waals surface area contributed by atoms with Gasteiger partial charge in [0.05, 0.1) is 0 Å². The van der Waals surface area contributed by atoms with E-state index in [1.54, 1.807) is 26.2 Å². The molecule has 5 nitrogen and oxygen atoms in total. The van der Waals surface area contributed by atoms with Crippen molar-refractivity contribution in [1.29, 1.82) is 0 Å². The first-order valence-electron chi connectivity index (χ1n) is 9.51. The van der Waals surface area contributed by atoms with Crippen molar-refractivity contribution in [1.82, 2.24) is 15.5 Å². The van der Waals surface area contributed by atoms with Crippen molar-refractivity contribution in [3.63, 3.8) is 0 Å². The zero-order valence-electron chi connectivity index (χ0n) is 16.1. The van der Waals surface area contributed by atoms with E-state index in [9.17, 15) is 9.18 Å². The number of amides is 1. The van der Waals surface area contributed by atoms with Gasteiger partial charge in [0.2, 0.25) is 5.91 Å². The predicted octanol–water partition coefficient (Wildman–Crippen LogP) is 2.80. The summed E-state index contributed by atoms with van der Waals surface area (Å²) in [4.78, 5) is 17.9. The summed E-state index contributed by atoms with van der Waals surface area (Å²) >= 11 is 0. The van der Waals surface area contributed by atoms with Crippen molar-refractivity contribution in [2.45, 2.75) is 38.1 Å². The quantitative estimate of drug-likeness (QED) is 0.368. The molecule has 2 N–H and O–H groups in total. The fourth-order valence-electron chi connectivity index (χ4n) is 4.05. The van der Waals surface area contributed by atoms with Gasteiger partial charge < -0.3 is 15.5 Å². The van der Waals surface area contributed by atoms with E-state index in [0.717, 1.165) is 5.92 Å². The number of hydrogen-bond donors (Lipinski definition) is 2. The average Bonchev–Trinajstić information content (AvgIpc) is 3.23. The van der Waals surface area contributed by atoms with E-state index in [2.05, 4.69) is 15.6 Å². The third-order valence-corrected chi connectivity index (χ3v) is 5.58. The third-order valence-electron chi connectivity index (χ3n) is 5.58. The van der Waals surface area contributed by atoms with Gasteiger partial charge >= 0.3 is 0 Å². The SMILES string of the molecule is CN(C)C(=O)CN=C(NCCc1ccccc1F)NC1CC2CCC1C2.I. The summed E-state index contributed by atoms with van der Waals surface area (Å²) in [5.41, 5.74) is 0.684. The molecule has 27 heavy (non-hydrogen) atoms. The minimum absolute atomic E-state index is 0. The number of guanidine groups is 1. The number of carbonyl (C=O) groups excluding carboxylic acids is 1. The van der Waals surface area contributed by atoms with Gasteiger partial charge in [-0.25, -0.2) is 9.38 Å². The smallest absolute Gasteiger partial charge is 0.243 e. The number of nitrogens with one attached hydrogen (secondary N) is 2. The van der Waals surface area contributed by atoms with E-state index in [1.807, 2.05) is 6.07 Å². The van der Waals surface area contributed by atoms with Crippen LogP contribution in [0.2, 0.25) is 0 Å². The number of fused-ring (bicyclic) bond motifs is 2. The lowest BCUT2D eigenvalue weighted by Crippen LogP contribution is -2.46. The summed E-state index contributed by atoms with van der Waals surface area (Å²) in [6.45, 7) is 0.687. The van der Waals surface area contributed by atoms with Gasteiger partial charge in [-0.1, -0.05) is 24.6 Å². The molecular weight excluding hydrogens is 458 g/mol. The summed E-state index contributed by atoms with van der Waals surface area (Å²) in [7, 11) is 3.46. The second-order valence-electron chi connectivity index (χ2n) is 7.65. The normalized spacial score (nSPS) is 23.7. The van der Waals surface area contributed by atoms with Gasteiger partial charge in [0.1, 0.15) is 12.4 Å². The van der Waals surface area contributed by atoms with Crippen molar-refractivity contribution in [2.75, 3.05) is 27.2 Å². The predicted molar refractivity (Wildman–Crippen MR) is 117 cm³/mol. The molecule has 3 unspecified atom stereocenters. The number of hydrogen-bond acceptors (Lipinski definition) is 2. The number of rotatable bonds is 6. The summed E-state index contributed by atoms with van der Waals surface area (Å²) < 4.78 is 13.8. The highest BCUT2D eigenvalue weighted by Gasteiger charge is 2.39. The molecule has 3 rings (SSSR count). The summed E-state index contributed by atoms with van der Waals surface area (Å²) in [6, 6.07) is 7.25. The molecular formula is C20H30FIN4O. The van der Waals surface area contributed by atoms with Gasteiger partial charge in [-0.2, -0.15) is 0 Å². The molecule has 0 heterocycles. The van der Waals surface area contributed by atoms with Crippen molar-refractivity contribution in [3.8, 4) is 0 Å². The lowest BCUT2D eigenvalue weighted by molar-refractivity contribution is -0.127. The third kappa shape index (κ3) is 6.05. The maximum Gasteiger partial charge on any atom is 0.243 e. The van der Waals surface area contributed by atoms with Crippen molar-refractivity contribution in [3.05, 3.63) is 35.6 Å². The number of aliphatic imine (C=N–C) groups is 1. The van der Waals surface area contributed by atoms with Crippen LogP contribution in [0, 0.1) is 17.7 Å². The molecule has 0 aliphatic heterocycles. The monoisotopic (exact) mass is 488 g/mol. The first kappa shape index (κ1) is 21.9. The minimum atomic E-state index is -0.184. The van der Waals surface area contributed by atoms with Crippen molar-refractivity contribution < 1.29 is 9.18 Å². The maximum absolute atomic E-state index is 13.8. The molecule has 0 spiro atoms. The zero-order valence-corrected chi connectivity index (χ0v) is 18.4. The molecule has 150 valence electrons. The van der Waals surface area contributed by atoms with Crippen LogP contribution in [0.15, 0.2) is 29.3 Å². The second-order valence-corrected chi connectivity index (χ2v) is 7.65.